The Bertz CT molecular complexity index is 325. The van der Waals surface area contributed by atoms with E-state index in [1.165, 1.54) is 4.90 Å². The molecule has 0 saturated carbocycles. The number of likely N-dealkylation sites (N-methyl/N-ethyl adjacent to an activating group) is 1. The number of nitrogens with one attached hydrogen (secondary N) is 1. The van der Waals surface area contributed by atoms with Gasteiger partial charge in [-0.25, -0.2) is 4.79 Å². The number of aliphatic carboxylic acids is 1. The number of carboxylic acids is 1. The average molecular weight is 258 g/mol. The van der Waals surface area contributed by atoms with E-state index in [1.54, 1.807) is 27.8 Å². The second-order valence-corrected chi connectivity index (χ2v) is 5.64. The lowest BCUT2D eigenvalue weighted by atomic mass is 9.95. The number of ether oxygens (including phenoxy) is 1. The molecule has 1 aliphatic heterocycles. The normalized spacial score (nSPS) is 24.8. The van der Waals surface area contributed by atoms with Crippen LogP contribution in [0.4, 0.5) is 4.79 Å². The van der Waals surface area contributed by atoms with Crippen molar-refractivity contribution in [3.8, 4) is 0 Å². The SMILES string of the molecule is CN[C@@H]1C[C@H](C(=O)O)CN(C(=O)OC(C)(C)C)C1. The zero-order valence-electron chi connectivity index (χ0n) is 11.4. The van der Waals surface area contributed by atoms with E-state index in [1.807, 2.05) is 0 Å². The third-order valence-corrected chi connectivity index (χ3v) is 2.86. The summed E-state index contributed by atoms with van der Waals surface area (Å²) >= 11 is 0. The fourth-order valence-electron chi connectivity index (χ4n) is 1.96. The van der Waals surface area contributed by atoms with E-state index in [-0.39, 0.29) is 12.6 Å². The Balaban J connectivity index is 2.69. The highest BCUT2D eigenvalue weighted by Gasteiger charge is 2.34. The lowest BCUT2D eigenvalue weighted by Gasteiger charge is -2.36. The van der Waals surface area contributed by atoms with Crippen molar-refractivity contribution in [1.82, 2.24) is 10.2 Å². The highest BCUT2D eigenvalue weighted by atomic mass is 16.6. The number of carboxylic acid groups (broad SMARTS) is 1. The van der Waals surface area contributed by atoms with E-state index in [0.717, 1.165) is 0 Å². The average Bonchev–Trinajstić information content (AvgIpc) is 2.26. The second-order valence-electron chi connectivity index (χ2n) is 5.64. The summed E-state index contributed by atoms with van der Waals surface area (Å²) in [6.45, 7) is 6.06. The van der Waals surface area contributed by atoms with Gasteiger partial charge in [0.15, 0.2) is 0 Å². The molecule has 0 aromatic carbocycles. The summed E-state index contributed by atoms with van der Waals surface area (Å²) in [5.74, 6) is -1.41. The summed E-state index contributed by atoms with van der Waals surface area (Å²) in [5.41, 5.74) is -0.567. The van der Waals surface area contributed by atoms with Crippen LogP contribution < -0.4 is 5.32 Å². The number of rotatable bonds is 2. The molecule has 0 aliphatic carbocycles. The lowest BCUT2D eigenvalue weighted by molar-refractivity contribution is -0.143. The molecule has 0 aromatic rings. The van der Waals surface area contributed by atoms with Crippen LogP contribution in [-0.2, 0) is 9.53 Å². The van der Waals surface area contributed by atoms with Crippen molar-refractivity contribution >= 4 is 12.1 Å². The molecule has 0 radical (unpaired) electrons. The molecule has 1 saturated heterocycles. The number of hydrogen-bond acceptors (Lipinski definition) is 4. The van der Waals surface area contributed by atoms with Gasteiger partial charge in [0.2, 0.25) is 0 Å². The summed E-state index contributed by atoms with van der Waals surface area (Å²) in [7, 11) is 1.77. The number of likely N-dealkylation sites (tertiary alicyclic amines) is 1. The standard InChI is InChI=1S/C12H22N2O4/c1-12(2,3)18-11(17)14-6-8(10(15)16)5-9(7-14)13-4/h8-9,13H,5-7H2,1-4H3,(H,15,16)/t8-,9+/m0/s1. The molecule has 0 spiro atoms. The van der Waals surface area contributed by atoms with Crippen molar-refractivity contribution in [2.45, 2.75) is 38.8 Å². The van der Waals surface area contributed by atoms with Gasteiger partial charge in [-0.05, 0) is 34.2 Å². The van der Waals surface area contributed by atoms with E-state index >= 15 is 0 Å². The summed E-state index contributed by atoms with van der Waals surface area (Å²) < 4.78 is 5.26. The molecule has 2 N–H and O–H groups in total. The van der Waals surface area contributed by atoms with Crippen LogP contribution in [0.2, 0.25) is 0 Å². The molecule has 6 heteroatoms. The van der Waals surface area contributed by atoms with Crippen molar-refractivity contribution < 1.29 is 19.4 Å². The minimum atomic E-state index is -0.872. The van der Waals surface area contributed by atoms with Crippen molar-refractivity contribution in [2.75, 3.05) is 20.1 Å². The quantitative estimate of drug-likeness (QED) is 0.770. The lowest BCUT2D eigenvalue weighted by Crippen LogP contribution is -2.53. The largest absolute Gasteiger partial charge is 0.481 e. The van der Waals surface area contributed by atoms with Crippen molar-refractivity contribution in [3.05, 3.63) is 0 Å². The number of hydrogen-bond donors (Lipinski definition) is 2. The van der Waals surface area contributed by atoms with Crippen molar-refractivity contribution in [2.24, 2.45) is 5.92 Å². The molecule has 0 bridgehead atoms. The van der Waals surface area contributed by atoms with Crippen LogP contribution in [0.1, 0.15) is 27.2 Å². The zero-order valence-corrected chi connectivity index (χ0v) is 11.4. The smallest absolute Gasteiger partial charge is 0.410 e. The van der Waals surface area contributed by atoms with Gasteiger partial charge in [0, 0.05) is 19.1 Å². The Labute approximate surface area is 107 Å². The van der Waals surface area contributed by atoms with Crippen LogP contribution in [0.5, 0.6) is 0 Å². The molecule has 0 aromatic heterocycles. The highest BCUT2D eigenvalue weighted by molar-refractivity contribution is 5.73. The molecule has 2 atom stereocenters. The maximum atomic E-state index is 11.9. The van der Waals surface area contributed by atoms with E-state index in [4.69, 9.17) is 9.84 Å². The number of amides is 1. The maximum Gasteiger partial charge on any atom is 0.410 e. The Kier molecular flexibility index (Phi) is 4.56. The molecule has 1 amide bonds. The Hall–Kier alpha value is -1.30. The van der Waals surface area contributed by atoms with Gasteiger partial charge in [-0.2, -0.15) is 0 Å². The number of nitrogens with zero attached hydrogens (tertiary/aromatic N) is 1. The Morgan fingerprint density at radius 3 is 2.39 bits per heavy atom. The molecule has 0 unspecified atom stereocenters. The minimum absolute atomic E-state index is 0.00707. The fourth-order valence-corrected chi connectivity index (χ4v) is 1.96. The maximum absolute atomic E-state index is 11.9. The van der Waals surface area contributed by atoms with Gasteiger partial charge in [-0.15, -0.1) is 0 Å². The van der Waals surface area contributed by atoms with E-state index in [0.29, 0.717) is 13.0 Å². The topological polar surface area (TPSA) is 78.9 Å². The molecule has 104 valence electrons. The van der Waals surface area contributed by atoms with Gasteiger partial charge >= 0.3 is 12.1 Å². The van der Waals surface area contributed by atoms with Gasteiger partial charge in [0.1, 0.15) is 5.60 Å². The van der Waals surface area contributed by atoms with Gasteiger partial charge < -0.3 is 20.1 Å². The molecule has 1 heterocycles. The monoisotopic (exact) mass is 258 g/mol. The molecule has 6 nitrogen and oxygen atoms in total. The zero-order chi connectivity index (χ0) is 13.9. The molecular weight excluding hydrogens is 236 g/mol. The van der Waals surface area contributed by atoms with Crippen LogP contribution in [0.25, 0.3) is 0 Å². The number of piperidine rings is 1. The molecule has 1 fully saturated rings. The van der Waals surface area contributed by atoms with Gasteiger partial charge in [-0.3, -0.25) is 4.79 Å². The third-order valence-electron chi connectivity index (χ3n) is 2.86. The first-order valence-electron chi connectivity index (χ1n) is 6.11. The van der Waals surface area contributed by atoms with E-state index in [9.17, 15) is 9.59 Å². The minimum Gasteiger partial charge on any atom is -0.481 e. The fraction of sp³-hybridized carbons (Fsp3) is 0.833. The van der Waals surface area contributed by atoms with E-state index < -0.39 is 23.6 Å². The van der Waals surface area contributed by atoms with Crippen LogP contribution in [0.3, 0.4) is 0 Å². The predicted octanol–water partition coefficient (Wildman–Crippen LogP) is 0.916. The van der Waals surface area contributed by atoms with E-state index in [2.05, 4.69) is 5.32 Å². The van der Waals surface area contributed by atoms with Crippen LogP contribution in [-0.4, -0.2) is 53.8 Å². The van der Waals surface area contributed by atoms with Crippen LogP contribution >= 0.6 is 0 Å². The first-order chi connectivity index (χ1) is 8.23. The van der Waals surface area contributed by atoms with Crippen LogP contribution in [0.15, 0.2) is 0 Å². The summed E-state index contributed by atoms with van der Waals surface area (Å²) in [5, 5.41) is 12.1. The number of carbonyl (C=O) groups excluding carboxylic acids is 1. The summed E-state index contributed by atoms with van der Waals surface area (Å²) in [4.78, 5) is 24.5. The van der Waals surface area contributed by atoms with Gasteiger partial charge in [-0.1, -0.05) is 0 Å². The Morgan fingerprint density at radius 1 is 1.33 bits per heavy atom. The van der Waals surface area contributed by atoms with Crippen LogP contribution in [0, 0.1) is 5.92 Å². The summed E-state index contributed by atoms with van der Waals surface area (Å²) in [6, 6.07) is -0.00707. The molecule has 1 aliphatic rings. The Morgan fingerprint density at radius 2 is 1.94 bits per heavy atom. The third kappa shape index (κ3) is 4.18. The first-order valence-corrected chi connectivity index (χ1v) is 6.11. The van der Waals surface area contributed by atoms with Crippen molar-refractivity contribution in [1.29, 1.82) is 0 Å². The molecule has 1 rings (SSSR count). The molecule has 18 heavy (non-hydrogen) atoms. The second kappa shape index (κ2) is 5.56. The predicted molar refractivity (Wildman–Crippen MR) is 66.4 cm³/mol. The summed E-state index contributed by atoms with van der Waals surface area (Å²) in [6.07, 6.45) is 0.0826. The highest BCUT2D eigenvalue weighted by Crippen LogP contribution is 2.19. The number of carbonyl (C=O) groups is 2. The van der Waals surface area contributed by atoms with Crippen molar-refractivity contribution in [3.63, 3.8) is 0 Å². The van der Waals surface area contributed by atoms with Gasteiger partial charge in [0.05, 0.1) is 5.92 Å². The van der Waals surface area contributed by atoms with Gasteiger partial charge in [0.25, 0.3) is 0 Å². The first kappa shape index (κ1) is 14.8. The molecular formula is C12H22N2O4.